The second-order valence-corrected chi connectivity index (χ2v) is 7.00. The summed E-state index contributed by atoms with van der Waals surface area (Å²) in [4.78, 5) is 10.2. The van der Waals surface area contributed by atoms with Gasteiger partial charge in [0.15, 0.2) is 9.84 Å². The number of hydrogen-bond acceptors (Lipinski definition) is 4. The Morgan fingerprint density at radius 2 is 2.10 bits per heavy atom. The molecule has 0 aromatic heterocycles. The van der Waals surface area contributed by atoms with E-state index >= 15 is 0 Å². The van der Waals surface area contributed by atoms with Gasteiger partial charge in [0.25, 0.3) is 0 Å². The third kappa shape index (κ3) is 2.80. The zero-order valence-electron chi connectivity index (χ0n) is 10.5. The Balaban J connectivity index is 2.37. The van der Waals surface area contributed by atoms with Crippen molar-refractivity contribution in [1.29, 1.82) is 5.26 Å². The summed E-state index contributed by atoms with van der Waals surface area (Å²) in [6.07, 6.45) is 1.33. The monoisotopic (exact) mass is 297 g/mol. The van der Waals surface area contributed by atoms with Gasteiger partial charge in [-0.2, -0.15) is 5.26 Å². The lowest BCUT2D eigenvalue weighted by molar-refractivity contribution is 0.0696. The number of carbonyl (C=O) groups is 1. The Morgan fingerprint density at radius 3 is 2.60 bits per heavy atom. The lowest BCUT2D eigenvalue weighted by atomic mass is 10.1. The van der Waals surface area contributed by atoms with E-state index in [9.17, 15) is 17.6 Å². The van der Waals surface area contributed by atoms with Gasteiger partial charge in [0.05, 0.1) is 17.4 Å². The second kappa shape index (κ2) is 4.87. The summed E-state index contributed by atoms with van der Waals surface area (Å²) in [7, 11) is -3.95. The normalized spacial score (nSPS) is 16.4. The van der Waals surface area contributed by atoms with E-state index in [1.807, 2.05) is 6.07 Å². The third-order valence-corrected chi connectivity index (χ3v) is 5.40. The second-order valence-electron chi connectivity index (χ2n) is 5.04. The Hall–Kier alpha value is -1.94. The molecule has 20 heavy (non-hydrogen) atoms. The highest BCUT2D eigenvalue weighted by atomic mass is 32.2. The number of nitrogens with zero attached hydrogens (tertiary/aromatic N) is 1. The van der Waals surface area contributed by atoms with Crippen LogP contribution in [0.4, 0.5) is 4.39 Å². The molecule has 0 amide bonds. The van der Waals surface area contributed by atoms with Crippen molar-refractivity contribution in [2.75, 3.05) is 5.75 Å². The van der Waals surface area contributed by atoms with Crippen LogP contribution in [-0.2, 0) is 9.84 Å². The molecule has 106 valence electrons. The molecule has 0 radical (unpaired) electrons. The maximum absolute atomic E-state index is 13.7. The van der Waals surface area contributed by atoms with Gasteiger partial charge in [-0.25, -0.2) is 17.6 Å². The number of aromatic carboxylic acids is 1. The molecule has 1 saturated carbocycles. The molecule has 1 fully saturated rings. The first-order chi connectivity index (χ1) is 9.30. The molecule has 0 unspecified atom stereocenters. The number of rotatable bonds is 5. The molecule has 2 rings (SSSR count). The van der Waals surface area contributed by atoms with Crippen molar-refractivity contribution >= 4 is 15.8 Å². The van der Waals surface area contributed by atoms with Gasteiger partial charge in [-0.1, -0.05) is 0 Å². The molecule has 0 bridgehead atoms. The molecular formula is C13H12FNO4S. The number of benzene rings is 1. The average molecular weight is 297 g/mol. The van der Waals surface area contributed by atoms with Crippen LogP contribution in [-0.4, -0.2) is 25.2 Å². The molecule has 0 saturated heterocycles. The number of carboxylic acid groups (broad SMARTS) is 1. The zero-order valence-corrected chi connectivity index (χ0v) is 11.3. The minimum Gasteiger partial charge on any atom is -0.478 e. The van der Waals surface area contributed by atoms with Gasteiger partial charge in [0.1, 0.15) is 10.7 Å². The minimum atomic E-state index is -3.95. The topological polar surface area (TPSA) is 95.2 Å². The first-order valence-electron chi connectivity index (χ1n) is 5.92. The number of carboxylic acids is 1. The van der Waals surface area contributed by atoms with Crippen LogP contribution in [0.3, 0.4) is 0 Å². The van der Waals surface area contributed by atoms with Gasteiger partial charge < -0.3 is 5.11 Å². The molecule has 1 aliphatic carbocycles. The molecule has 7 heteroatoms. The molecule has 0 atom stereocenters. The average Bonchev–Trinajstić information content (AvgIpc) is 3.08. The highest BCUT2D eigenvalue weighted by Crippen LogP contribution is 2.50. The first kappa shape index (κ1) is 14.5. The summed E-state index contributed by atoms with van der Waals surface area (Å²) in [6, 6.07) is 4.61. The van der Waals surface area contributed by atoms with Crippen LogP contribution in [0.5, 0.6) is 0 Å². The van der Waals surface area contributed by atoms with Gasteiger partial charge in [0.2, 0.25) is 0 Å². The number of nitriles is 1. The predicted octanol–water partition coefficient (Wildman–Crippen LogP) is 1.99. The van der Waals surface area contributed by atoms with Crippen LogP contribution < -0.4 is 0 Å². The van der Waals surface area contributed by atoms with E-state index in [0.717, 1.165) is 18.2 Å². The number of sulfone groups is 1. The molecule has 5 nitrogen and oxygen atoms in total. The predicted molar refractivity (Wildman–Crippen MR) is 67.3 cm³/mol. The van der Waals surface area contributed by atoms with Crippen molar-refractivity contribution in [2.45, 2.75) is 24.2 Å². The van der Waals surface area contributed by atoms with Crippen molar-refractivity contribution in [3.63, 3.8) is 0 Å². The largest absolute Gasteiger partial charge is 0.478 e. The zero-order chi connectivity index (χ0) is 15.0. The molecule has 0 heterocycles. The van der Waals surface area contributed by atoms with Gasteiger partial charge in [0, 0.05) is 6.42 Å². The summed E-state index contributed by atoms with van der Waals surface area (Å²) in [5.74, 6) is -2.62. The van der Waals surface area contributed by atoms with Crippen LogP contribution in [0, 0.1) is 22.6 Å². The lowest BCUT2D eigenvalue weighted by Gasteiger charge is -2.12. The SMILES string of the molecule is N#CCC1(CS(=O)(=O)c2cc(C(=O)O)ccc2F)CC1. The third-order valence-electron chi connectivity index (χ3n) is 3.42. The van der Waals surface area contributed by atoms with Crippen LogP contribution in [0.2, 0.25) is 0 Å². The van der Waals surface area contributed by atoms with Crippen molar-refractivity contribution in [1.82, 2.24) is 0 Å². The molecular weight excluding hydrogens is 285 g/mol. The first-order valence-corrected chi connectivity index (χ1v) is 7.57. The van der Waals surface area contributed by atoms with Crippen LogP contribution >= 0.6 is 0 Å². The van der Waals surface area contributed by atoms with Crippen LogP contribution in [0.25, 0.3) is 0 Å². The maximum Gasteiger partial charge on any atom is 0.335 e. The summed E-state index contributed by atoms with van der Waals surface area (Å²) in [6.45, 7) is 0. The smallest absolute Gasteiger partial charge is 0.335 e. The molecule has 0 aliphatic heterocycles. The van der Waals surface area contributed by atoms with Crippen LogP contribution in [0.1, 0.15) is 29.6 Å². The van der Waals surface area contributed by atoms with E-state index in [1.165, 1.54) is 0 Å². The van der Waals surface area contributed by atoms with Crippen molar-refractivity contribution < 1.29 is 22.7 Å². The quantitative estimate of drug-likeness (QED) is 0.896. The fraction of sp³-hybridized carbons (Fsp3) is 0.385. The fourth-order valence-electron chi connectivity index (χ4n) is 2.07. The summed E-state index contributed by atoms with van der Waals surface area (Å²) in [5, 5.41) is 17.5. The highest BCUT2D eigenvalue weighted by molar-refractivity contribution is 7.91. The van der Waals surface area contributed by atoms with Crippen molar-refractivity contribution in [2.24, 2.45) is 5.41 Å². The molecule has 1 aliphatic rings. The fourth-order valence-corrected chi connectivity index (χ4v) is 4.10. The molecule has 1 aromatic rings. The number of halogens is 1. The van der Waals surface area contributed by atoms with Gasteiger partial charge in [-0.05, 0) is 36.5 Å². The van der Waals surface area contributed by atoms with Gasteiger partial charge in [-0.15, -0.1) is 0 Å². The van der Waals surface area contributed by atoms with Gasteiger partial charge in [-0.3, -0.25) is 0 Å². The van der Waals surface area contributed by atoms with E-state index < -0.39 is 31.9 Å². The Labute approximate surface area is 115 Å². The van der Waals surface area contributed by atoms with Crippen LogP contribution in [0.15, 0.2) is 23.1 Å². The number of hydrogen-bond donors (Lipinski definition) is 1. The van der Waals surface area contributed by atoms with Gasteiger partial charge >= 0.3 is 5.97 Å². The summed E-state index contributed by atoms with van der Waals surface area (Å²) in [5.41, 5.74) is -0.880. The summed E-state index contributed by atoms with van der Waals surface area (Å²) < 4.78 is 38.1. The van der Waals surface area contributed by atoms with E-state index in [4.69, 9.17) is 10.4 Å². The Morgan fingerprint density at radius 1 is 1.45 bits per heavy atom. The van der Waals surface area contributed by atoms with Crippen molar-refractivity contribution in [3.8, 4) is 6.07 Å². The van der Waals surface area contributed by atoms with E-state index in [0.29, 0.717) is 12.8 Å². The highest BCUT2D eigenvalue weighted by Gasteiger charge is 2.46. The summed E-state index contributed by atoms with van der Waals surface area (Å²) >= 11 is 0. The maximum atomic E-state index is 13.7. The minimum absolute atomic E-state index is 0.104. The van der Waals surface area contributed by atoms with Crippen molar-refractivity contribution in [3.05, 3.63) is 29.6 Å². The lowest BCUT2D eigenvalue weighted by Crippen LogP contribution is -2.18. The Bertz CT molecular complexity index is 702. The molecule has 1 N–H and O–H groups in total. The van der Waals surface area contributed by atoms with E-state index in [1.54, 1.807) is 0 Å². The van der Waals surface area contributed by atoms with E-state index in [2.05, 4.69) is 0 Å². The molecule has 0 spiro atoms. The van der Waals surface area contributed by atoms with E-state index in [-0.39, 0.29) is 17.7 Å². The molecule has 1 aromatic carbocycles. The standard InChI is InChI=1S/C13H12FNO4S/c14-10-2-1-9(12(16)17)7-11(10)20(18,19)8-13(3-4-13)5-6-15/h1-2,7H,3-5,8H2,(H,16,17). The Kier molecular flexibility index (Phi) is 3.52.